The fourth-order valence-electron chi connectivity index (χ4n) is 3.66. The Morgan fingerprint density at radius 3 is 2.31 bits per heavy atom. The van der Waals surface area contributed by atoms with E-state index in [1.54, 1.807) is 25.1 Å². The number of thioether (sulfide) groups is 1. The van der Waals surface area contributed by atoms with Gasteiger partial charge in [-0.1, -0.05) is 42.1 Å². The number of likely N-dealkylation sites (N-methyl/N-ethyl adjacent to an activating group) is 1. The normalized spacial score (nSPS) is 21.1. The quantitative estimate of drug-likeness (QED) is 0.216. The van der Waals surface area contributed by atoms with Crippen molar-refractivity contribution in [2.24, 2.45) is 0 Å². The predicted octanol–water partition coefficient (Wildman–Crippen LogP) is -1.14. The molecule has 3 rings (SSSR count). The molecule has 1 aromatic rings. The van der Waals surface area contributed by atoms with Crippen LogP contribution >= 0.6 is 11.8 Å². The Kier molecular flexibility index (Phi) is 8.00. The fourth-order valence-corrected chi connectivity index (χ4v) is 5.70. The van der Waals surface area contributed by atoms with Crippen LogP contribution in [0.25, 0.3) is 0 Å². The Bertz CT molecular complexity index is 1210. The van der Waals surface area contributed by atoms with Crippen LogP contribution < -0.4 is 10.6 Å². The number of nitrogens with zero attached hydrogens (tertiary/aromatic N) is 3. The van der Waals surface area contributed by atoms with E-state index in [-0.39, 0.29) is 29.5 Å². The average Bonchev–Trinajstić information content (AvgIpc) is 2.81. The van der Waals surface area contributed by atoms with E-state index in [1.807, 2.05) is 0 Å². The third-order valence-electron chi connectivity index (χ3n) is 5.43. The predicted molar refractivity (Wildman–Crippen MR) is 124 cm³/mol. The molecule has 14 nitrogen and oxygen atoms in total. The molecule has 0 spiro atoms. The van der Waals surface area contributed by atoms with Crippen molar-refractivity contribution in [3.05, 3.63) is 35.9 Å². The molecule has 0 aromatic heterocycles. The number of rotatable bonds is 7. The van der Waals surface area contributed by atoms with Gasteiger partial charge in [0.15, 0.2) is 5.12 Å². The van der Waals surface area contributed by atoms with Gasteiger partial charge in [0.25, 0.3) is 5.91 Å². The van der Waals surface area contributed by atoms with Crippen LogP contribution in [0.1, 0.15) is 25.5 Å². The lowest BCUT2D eigenvalue weighted by Crippen LogP contribution is -2.71. The highest BCUT2D eigenvalue weighted by atomic mass is 32.2. The summed E-state index contributed by atoms with van der Waals surface area (Å²) in [7, 11) is -4.99. The number of benzene rings is 1. The molecule has 2 fully saturated rings. The molecule has 2 saturated heterocycles. The van der Waals surface area contributed by atoms with E-state index in [0.717, 1.165) is 6.92 Å². The van der Waals surface area contributed by atoms with E-state index in [4.69, 9.17) is 0 Å². The first-order valence-electron chi connectivity index (χ1n) is 10.6. The van der Waals surface area contributed by atoms with Gasteiger partial charge in [-0.3, -0.25) is 33.4 Å². The maximum absolute atomic E-state index is 13.2. The average molecular weight is 542 g/mol. The molecule has 1 aromatic carbocycles. The molecule has 2 heterocycles. The summed E-state index contributed by atoms with van der Waals surface area (Å²) < 4.78 is 32.4. The number of amides is 6. The lowest BCUT2D eigenvalue weighted by atomic mass is 10.0. The van der Waals surface area contributed by atoms with Crippen LogP contribution in [0.4, 0.5) is 4.79 Å². The third kappa shape index (κ3) is 5.50. The van der Waals surface area contributed by atoms with Crippen molar-refractivity contribution < 1.29 is 41.7 Å². The lowest BCUT2D eigenvalue weighted by molar-refractivity contribution is -0.153. The van der Waals surface area contributed by atoms with Gasteiger partial charge >= 0.3 is 28.1 Å². The van der Waals surface area contributed by atoms with Crippen molar-refractivity contribution >= 4 is 56.8 Å². The van der Waals surface area contributed by atoms with E-state index < -0.39 is 62.5 Å². The van der Waals surface area contributed by atoms with Crippen LogP contribution in [0.3, 0.4) is 0 Å². The zero-order valence-corrected chi connectivity index (χ0v) is 20.7. The summed E-state index contributed by atoms with van der Waals surface area (Å²) in [5, 5.41) is 2.64. The van der Waals surface area contributed by atoms with Crippen molar-refractivity contribution in [1.82, 2.24) is 24.7 Å². The molecule has 0 unspecified atom stereocenters. The van der Waals surface area contributed by atoms with Crippen LogP contribution in [0.15, 0.2) is 30.3 Å². The highest BCUT2D eigenvalue weighted by molar-refractivity contribution is 8.14. The van der Waals surface area contributed by atoms with Gasteiger partial charge in [-0.2, -0.15) is 12.7 Å². The zero-order valence-electron chi connectivity index (χ0n) is 19.1. The maximum Gasteiger partial charge on any atom is 0.363 e. The zero-order chi connectivity index (χ0) is 26.8. The number of piperazine rings is 1. The minimum absolute atomic E-state index is 0.0671. The molecular formula is C20H23N5O9S2. The molecule has 36 heavy (non-hydrogen) atoms. The Morgan fingerprint density at radius 2 is 1.75 bits per heavy atom. The van der Waals surface area contributed by atoms with Crippen molar-refractivity contribution in [3.8, 4) is 0 Å². The standard InChI is InChI=1S/C20H23N5O9S2/c1-3-23-9-10-24(18(30)17(23)29)20(31)22-13(12-7-5-4-6-8-12)15(27)21-14-16(28)25(36(32,33)34)19(14)35-11(2)26/h4-8,13-14,19H,3,9-10H2,1-2H3,(H,21,27)(H,22,31)(H,32,33,34)/t13-,14-,19-/m1/s1. The molecule has 3 atom stereocenters. The first-order chi connectivity index (χ1) is 16.9. The molecule has 0 bridgehead atoms. The van der Waals surface area contributed by atoms with Crippen molar-refractivity contribution in [2.75, 3.05) is 19.6 Å². The summed E-state index contributed by atoms with van der Waals surface area (Å²) in [6, 6.07) is 3.77. The highest BCUT2D eigenvalue weighted by Gasteiger charge is 2.55. The Labute approximate surface area is 210 Å². The lowest BCUT2D eigenvalue weighted by Gasteiger charge is -2.43. The van der Waals surface area contributed by atoms with Gasteiger partial charge in [-0.15, -0.1) is 0 Å². The summed E-state index contributed by atoms with van der Waals surface area (Å²) in [5.74, 6) is -4.07. The first kappa shape index (κ1) is 27.1. The minimum atomic E-state index is -4.99. The fraction of sp³-hybridized carbons (Fsp3) is 0.400. The Morgan fingerprint density at radius 1 is 1.11 bits per heavy atom. The summed E-state index contributed by atoms with van der Waals surface area (Å²) in [5.41, 5.74) is 0.253. The molecule has 2 aliphatic heterocycles. The molecule has 194 valence electrons. The number of imide groups is 1. The van der Waals surface area contributed by atoms with E-state index in [1.165, 1.54) is 17.0 Å². The van der Waals surface area contributed by atoms with Gasteiger partial charge in [0.1, 0.15) is 17.5 Å². The van der Waals surface area contributed by atoms with Crippen LogP contribution in [0.2, 0.25) is 0 Å². The molecule has 0 radical (unpaired) electrons. The Hall–Kier alpha value is -3.50. The van der Waals surface area contributed by atoms with Crippen molar-refractivity contribution in [2.45, 2.75) is 31.3 Å². The Balaban J connectivity index is 1.82. The number of nitrogens with one attached hydrogen (secondary N) is 2. The van der Waals surface area contributed by atoms with E-state index in [0.29, 0.717) is 16.7 Å². The molecule has 0 saturated carbocycles. The van der Waals surface area contributed by atoms with Gasteiger partial charge < -0.3 is 15.5 Å². The number of hydrogen-bond donors (Lipinski definition) is 3. The number of carbonyl (C=O) groups excluding carboxylic acids is 6. The van der Waals surface area contributed by atoms with Gasteiger partial charge in [-0.05, 0) is 12.5 Å². The second-order valence-electron chi connectivity index (χ2n) is 7.73. The van der Waals surface area contributed by atoms with Crippen LogP contribution in [-0.4, -0.2) is 92.9 Å². The molecule has 0 aliphatic carbocycles. The molecule has 2 aliphatic rings. The highest BCUT2D eigenvalue weighted by Crippen LogP contribution is 2.33. The van der Waals surface area contributed by atoms with E-state index in [9.17, 15) is 41.7 Å². The smallest absolute Gasteiger partial charge is 0.340 e. The summed E-state index contributed by atoms with van der Waals surface area (Å²) in [6.07, 6.45) is 0. The maximum atomic E-state index is 13.2. The van der Waals surface area contributed by atoms with Crippen LogP contribution in [-0.2, 0) is 34.3 Å². The number of β-lactam (4-membered cyclic amide) rings is 1. The summed E-state index contributed by atoms with van der Waals surface area (Å²) >= 11 is 0.407. The second kappa shape index (κ2) is 10.6. The van der Waals surface area contributed by atoms with E-state index >= 15 is 0 Å². The molecule has 3 N–H and O–H groups in total. The van der Waals surface area contributed by atoms with Gasteiger partial charge in [0, 0.05) is 26.6 Å². The van der Waals surface area contributed by atoms with Crippen molar-refractivity contribution in [3.63, 3.8) is 0 Å². The van der Waals surface area contributed by atoms with Crippen molar-refractivity contribution in [1.29, 1.82) is 0 Å². The number of carbonyl (C=O) groups is 6. The van der Waals surface area contributed by atoms with Gasteiger partial charge in [0.2, 0.25) is 5.91 Å². The SMILES string of the molecule is CCN1CCN(C(=O)N[C@@H](C(=O)N[C@@H]2C(=O)N(S(=O)(=O)O)[C@@H]2SC(C)=O)c2ccccc2)C(=O)C1=O. The summed E-state index contributed by atoms with van der Waals surface area (Å²) in [6.45, 7) is 3.08. The van der Waals surface area contributed by atoms with E-state index in [2.05, 4.69) is 10.6 Å². The summed E-state index contributed by atoms with van der Waals surface area (Å²) in [4.78, 5) is 76.4. The third-order valence-corrected chi connectivity index (χ3v) is 7.53. The van der Waals surface area contributed by atoms with Gasteiger partial charge in [-0.25, -0.2) is 4.79 Å². The second-order valence-corrected chi connectivity index (χ2v) is 10.3. The van der Waals surface area contributed by atoms with Crippen LogP contribution in [0, 0.1) is 0 Å². The minimum Gasteiger partial charge on any atom is -0.340 e. The first-order valence-corrected chi connectivity index (χ1v) is 12.9. The topological polar surface area (TPSA) is 191 Å². The number of urea groups is 1. The molecule has 6 amide bonds. The number of hydrogen-bond acceptors (Lipinski definition) is 9. The van der Waals surface area contributed by atoms with Crippen LogP contribution in [0.5, 0.6) is 0 Å². The molecular weight excluding hydrogens is 518 g/mol. The molecule has 16 heteroatoms. The van der Waals surface area contributed by atoms with Gasteiger partial charge in [0.05, 0.1) is 0 Å². The monoisotopic (exact) mass is 541 g/mol. The largest absolute Gasteiger partial charge is 0.363 e.